The van der Waals surface area contributed by atoms with Crippen molar-refractivity contribution in [1.82, 2.24) is 30.2 Å². The van der Waals surface area contributed by atoms with Gasteiger partial charge in [0.15, 0.2) is 0 Å². The highest BCUT2D eigenvalue weighted by atomic mass is 19.1. The normalized spacial score (nSPS) is 18.1. The molecule has 0 spiro atoms. The lowest BCUT2D eigenvalue weighted by atomic mass is 9.83. The van der Waals surface area contributed by atoms with Crippen LogP contribution < -0.4 is 16.0 Å². The number of hydrogen-bond donors (Lipinski definition) is 3. The first-order valence-corrected chi connectivity index (χ1v) is 16.8. The molecule has 252 valence electrons. The molecule has 12 heteroatoms. The molecule has 0 unspecified atom stereocenters. The van der Waals surface area contributed by atoms with Gasteiger partial charge in [0, 0.05) is 57.3 Å². The Hall–Kier alpha value is -3.80. The van der Waals surface area contributed by atoms with Crippen LogP contribution in [0.25, 0.3) is 0 Å². The van der Waals surface area contributed by atoms with Gasteiger partial charge in [-0.05, 0) is 63.3 Å². The average Bonchev–Trinajstić information content (AvgIpc) is 3.56. The Balaban J connectivity index is 1.50. The van der Waals surface area contributed by atoms with E-state index in [4.69, 9.17) is 0 Å². The number of halogens is 1. The predicted octanol–water partition coefficient (Wildman–Crippen LogP) is 3.91. The second-order valence-corrected chi connectivity index (χ2v) is 12.8. The van der Waals surface area contributed by atoms with Crippen molar-refractivity contribution in [2.75, 3.05) is 31.5 Å². The van der Waals surface area contributed by atoms with Crippen LogP contribution in [0.2, 0.25) is 0 Å². The largest absolute Gasteiger partial charge is 0.344 e. The summed E-state index contributed by atoms with van der Waals surface area (Å²) in [7, 11) is 0. The fourth-order valence-electron chi connectivity index (χ4n) is 6.51. The minimum atomic E-state index is -0.861. The second-order valence-electron chi connectivity index (χ2n) is 12.8. The summed E-state index contributed by atoms with van der Waals surface area (Å²) < 4.78 is 17.2. The molecule has 1 saturated carbocycles. The molecule has 1 aliphatic heterocycles. The van der Waals surface area contributed by atoms with E-state index < -0.39 is 35.6 Å². The van der Waals surface area contributed by atoms with E-state index in [1.54, 1.807) is 41.8 Å². The zero-order valence-corrected chi connectivity index (χ0v) is 27.9. The van der Waals surface area contributed by atoms with E-state index >= 15 is 4.39 Å². The molecule has 2 heterocycles. The lowest BCUT2D eigenvalue weighted by molar-refractivity contribution is -0.138. The number of aryl methyl sites for hydroxylation is 1. The van der Waals surface area contributed by atoms with E-state index in [2.05, 4.69) is 39.8 Å². The summed E-state index contributed by atoms with van der Waals surface area (Å²) in [5.41, 5.74) is 0.873. The van der Waals surface area contributed by atoms with E-state index in [0.29, 0.717) is 36.9 Å². The van der Waals surface area contributed by atoms with Gasteiger partial charge in [-0.1, -0.05) is 39.2 Å². The Morgan fingerprint density at radius 2 is 1.65 bits per heavy atom. The molecule has 1 saturated heterocycles. The molecule has 0 bridgehead atoms. The third kappa shape index (κ3) is 8.51. The predicted molar refractivity (Wildman–Crippen MR) is 175 cm³/mol. The van der Waals surface area contributed by atoms with Gasteiger partial charge < -0.3 is 20.9 Å². The van der Waals surface area contributed by atoms with E-state index in [1.165, 1.54) is 12.1 Å². The monoisotopic (exact) mass is 639 g/mol. The quantitative estimate of drug-likeness (QED) is 0.323. The molecule has 2 fully saturated rings. The van der Waals surface area contributed by atoms with Crippen LogP contribution in [-0.2, 0) is 20.9 Å². The highest BCUT2D eigenvalue weighted by Gasteiger charge is 2.35. The van der Waals surface area contributed by atoms with Crippen molar-refractivity contribution in [2.45, 2.75) is 104 Å². The molecule has 1 aromatic heterocycles. The molecule has 2 aliphatic rings. The fourth-order valence-corrected chi connectivity index (χ4v) is 6.51. The van der Waals surface area contributed by atoms with E-state index in [0.717, 1.165) is 45.2 Å². The average molecular weight is 640 g/mol. The van der Waals surface area contributed by atoms with Crippen LogP contribution in [0.5, 0.6) is 0 Å². The number of amides is 4. The molecule has 1 aromatic carbocycles. The Morgan fingerprint density at radius 1 is 0.957 bits per heavy atom. The van der Waals surface area contributed by atoms with Crippen molar-refractivity contribution in [3.63, 3.8) is 0 Å². The molecular formula is C34H50FN7O4. The summed E-state index contributed by atoms with van der Waals surface area (Å²) in [6.07, 6.45) is 6.33. The van der Waals surface area contributed by atoms with Crippen molar-refractivity contribution in [1.29, 1.82) is 0 Å². The Kier molecular flexibility index (Phi) is 12.3. The van der Waals surface area contributed by atoms with Gasteiger partial charge in [-0.15, -0.1) is 0 Å². The molecule has 11 nitrogen and oxygen atoms in total. The zero-order valence-electron chi connectivity index (χ0n) is 27.9. The third-order valence-electron chi connectivity index (χ3n) is 9.48. The van der Waals surface area contributed by atoms with E-state index in [9.17, 15) is 19.2 Å². The van der Waals surface area contributed by atoms with Crippen molar-refractivity contribution in [2.24, 2.45) is 5.92 Å². The van der Waals surface area contributed by atoms with Gasteiger partial charge in [0.2, 0.25) is 17.7 Å². The van der Waals surface area contributed by atoms with Crippen molar-refractivity contribution in [3.8, 4) is 0 Å². The van der Waals surface area contributed by atoms with Crippen LogP contribution in [0.4, 0.5) is 10.1 Å². The van der Waals surface area contributed by atoms with Gasteiger partial charge in [0.05, 0.1) is 5.69 Å². The van der Waals surface area contributed by atoms with Crippen LogP contribution in [0.15, 0.2) is 30.5 Å². The van der Waals surface area contributed by atoms with E-state index in [1.807, 2.05) is 6.92 Å². The molecule has 46 heavy (non-hydrogen) atoms. The first-order chi connectivity index (χ1) is 22.0. The summed E-state index contributed by atoms with van der Waals surface area (Å²) in [6, 6.07) is 4.76. The third-order valence-corrected chi connectivity index (χ3v) is 9.48. The minimum absolute atomic E-state index is 0.0140. The molecule has 4 rings (SSSR count). The number of nitrogens with one attached hydrogen (secondary N) is 3. The molecule has 0 radical (unpaired) electrons. The standard InChI is InChI=1S/C34H50FN7O4/c1-6-29(43)38-30(34(46)41-19-17-40(18-20-41)22(3)4)23(5)25-13-14-27(26(35)21-25)37-33(45)31(24-11-9-8-10-12-24)39-32(44)28-15-16-36-42(28)7-2/h13-16,21-24,30-31H,6-12,17-20H2,1-5H3,(H,37,45)(H,38,43)(H,39,44)/t23-,30+,31-/m0/s1. The zero-order chi connectivity index (χ0) is 33.4. The molecule has 3 N–H and O–H groups in total. The van der Waals surface area contributed by atoms with Crippen molar-refractivity contribution < 1.29 is 23.6 Å². The van der Waals surface area contributed by atoms with Crippen molar-refractivity contribution in [3.05, 3.63) is 47.5 Å². The van der Waals surface area contributed by atoms with Crippen molar-refractivity contribution >= 4 is 29.3 Å². The lowest BCUT2D eigenvalue weighted by Crippen LogP contribution is -2.57. The fraction of sp³-hybridized carbons (Fsp3) is 0.618. The SMILES string of the molecule is CCC(=O)N[C@@H](C(=O)N1CCN(C(C)C)CC1)[C@@H](C)c1ccc(NC(=O)[C@@H](NC(=O)c2ccnn2CC)C2CCCCC2)c(F)c1. The summed E-state index contributed by atoms with van der Waals surface area (Å²) >= 11 is 0. The van der Waals surface area contributed by atoms with Crippen LogP contribution >= 0.6 is 0 Å². The van der Waals surface area contributed by atoms with Crippen LogP contribution in [0, 0.1) is 11.7 Å². The summed E-state index contributed by atoms with van der Waals surface area (Å²) in [5, 5.41) is 12.6. The number of benzene rings is 1. The maximum absolute atomic E-state index is 15.6. The van der Waals surface area contributed by atoms with Crippen LogP contribution in [0.1, 0.15) is 95.1 Å². The molecule has 4 amide bonds. The minimum Gasteiger partial charge on any atom is -0.344 e. The number of aromatic nitrogens is 2. The van der Waals surface area contributed by atoms with Gasteiger partial charge >= 0.3 is 0 Å². The van der Waals surface area contributed by atoms with Crippen LogP contribution in [-0.4, -0.2) is 87.5 Å². The summed E-state index contributed by atoms with van der Waals surface area (Å²) in [6.45, 7) is 12.8. The number of piperazine rings is 1. The molecule has 2 aromatic rings. The number of nitrogens with zero attached hydrogens (tertiary/aromatic N) is 4. The topological polar surface area (TPSA) is 129 Å². The van der Waals surface area contributed by atoms with Gasteiger partial charge in [-0.3, -0.25) is 28.8 Å². The van der Waals surface area contributed by atoms with Gasteiger partial charge in [0.1, 0.15) is 23.6 Å². The maximum Gasteiger partial charge on any atom is 0.270 e. The lowest BCUT2D eigenvalue weighted by Gasteiger charge is -2.39. The van der Waals surface area contributed by atoms with E-state index in [-0.39, 0.29) is 29.8 Å². The summed E-state index contributed by atoms with van der Waals surface area (Å²) in [4.78, 5) is 57.0. The van der Waals surface area contributed by atoms with Gasteiger partial charge in [-0.25, -0.2) is 4.39 Å². The number of carbonyl (C=O) groups is 4. The van der Waals surface area contributed by atoms with Gasteiger partial charge in [0.25, 0.3) is 5.91 Å². The summed E-state index contributed by atoms with van der Waals surface area (Å²) in [5.74, 6) is -2.58. The highest BCUT2D eigenvalue weighted by Crippen LogP contribution is 2.29. The Labute approximate surface area is 271 Å². The number of hydrogen-bond acceptors (Lipinski definition) is 6. The molecule has 1 aliphatic carbocycles. The second kappa shape index (κ2) is 16.2. The Bertz CT molecular complexity index is 1360. The Morgan fingerprint density at radius 3 is 2.26 bits per heavy atom. The molecular weight excluding hydrogens is 589 g/mol. The van der Waals surface area contributed by atoms with Gasteiger partial charge in [-0.2, -0.15) is 5.10 Å². The molecule has 3 atom stereocenters. The first-order valence-electron chi connectivity index (χ1n) is 16.8. The number of anilines is 1. The highest BCUT2D eigenvalue weighted by molar-refractivity contribution is 6.00. The maximum atomic E-state index is 15.6. The number of rotatable bonds is 12. The smallest absolute Gasteiger partial charge is 0.270 e. The first kappa shape index (κ1) is 35.1. The van der Waals surface area contributed by atoms with Crippen LogP contribution in [0.3, 0.4) is 0 Å². The number of carbonyl (C=O) groups excluding carboxylic acids is 4.